The van der Waals surface area contributed by atoms with Crippen molar-refractivity contribution >= 4 is 33.9 Å². The molecule has 3 heteroatoms. The summed E-state index contributed by atoms with van der Waals surface area (Å²) in [5, 5.41) is 7.34. The van der Waals surface area contributed by atoms with Crippen LogP contribution in [-0.4, -0.2) is 12.6 Å². The second-order valence-electron chi connectivity index (χ2n) is 8.99. The average Bonchev–Trinajstić information content (AvgIpc) is 3.00. The number of rotatable bonds is 8. The van der Waals surface area contributed by atoms with Gasteiger partial charge in [-0.15, -0.1) is 0 Å². The third kappa shape index (κ3) is 6.45. The van der Waals surface area contributed by atoms with Crippen LogP contribution in [0.1, 0.15) is 73.6 Å². The lowest BCUT2D eigenvalue weighted by molar-refractivity contribution is 0.372. The van der Waals surface area contributed by atoms with Gasteiger partial charge in [0.05, 0.1) is 0 Å². The monoisotopic (exact) mass is 526 g/mol. The SMILES string of the molecule is C=C(NCCC1=CCCCc2ccc(I)cc21)c1cccc(CNC2CCCCC2)c1. The van der Waals surface area contributed by atoms with Gasteiger partial charge in [0.15, 0.2) is 0 Å². The minimum Gasteiger partial charge on any atom is -0.385 e. The van der Waals surface area contributed by atoms with E-state index in [-0.39, 0.29) is 0 Å². The van der Waals surface area contributed by atoms with Crippen molar-refractivity contribution < 1.29 is 0 Å². The van der Waals surface area contributed by atoms with Gasteiger partial charge in [-0.05, 0) is 107 Å². The molecular formula is C28H35IN2. The van der Waals surface area contributed by atoms with Gasteiger partial charge in [0.2, 0.25) is 0 Å². The lowest BCUT2D eigenvalue weighted by Gasteiger charge is -2.23. The van der Waals surface area contributed by atoms with Gasteiger partial charge in [-0.2, -0.15) is 0 Å². The van der Waals surface area contributed by atoms with Crippen LogP contribution >= 0.6 is 22.6 Å². The number of halogens is 1. The van der Waals surface area contributed by atoms with Gasteiger partial charge in [-0.3, -0.25) is 0 Å². The molecule has 2 aromatic carbocycles. The fourth-order valence-electron chi connectivity index (χ4n) is 4.87. The summed E-state index contributed by atoms with van der Waals surface area (Å²) in [6, 6.07) is 16.4. The third-order valence-corrected chi connectivity index (χ3v) is 7.34. The van der Waals surface area contributed by atoms with Crippen LogP contribution in [0, 0.1) is 3.57 Å². The molecule has 31 heavy (non-hydrogen) atoms. The topological polar surface area (TPSA) is 24.1 Å². The molecule has 2 aromatic rings. The van der Waals surface area contributed by atoms with Gasteiger partial charge in [-0.1, -0.05) is 56.2 Å². The predicted octanol–water partition coefficient (Wildman–Crippen LogP) is 7.08. The molecule has 0 unspecified atom stereocenters. The lowest BCUT2D eigenvalue weighted by atomic mass is 9.95. The first-order chi connectivity index (χ1) is 15.2. The summed E-state index contributed by atoms with van der Waals surface area (Å²) >= 11 is 2.43. The largest absolute Gasteiger partial charge is 0.385 e. The Morgan fingerprint density at radius 3 is 2.77 bits per heavy atom. The molecule has 0 radical (unpaired) electrons. The minimum absolute atomic E-state index is 0.692. The first-order valence-corrected chi connectivity index (χ1v) is 13.0. The highest BCUT2D eigenvalue weighted by atomic mass is 127. The van der Waals surface area contributed by atoms with E-state index in [0.29, 0.717) is 6.04 Å². The molecule has 2 aliphatic carbocycles. The van der Waals surface area contributed by atoms with Crippen molar-refractivity contribution in [2.24, 2.45) is 0 Å². The molecule has 0 aliphatic heterocycles. The number of fused-ring (bicyclic) bond motifs is 1. The second kappa shape index (κ2) is 11.3. The Kier molecular flexibility index (Phi) is 8.26. The maximum atomic E-state index is 4.32. The highest BCUT2D eigenvalue weighted by Gasteiger charge is 2.13. The molecule has 2 aliphatic rings. The van der Waals surface area contributed by atoms with E-state index in [1.165, 1.54) is 82.8 Å². The van der Waals surface area contributed by atoms with Crippen molar-refractivity contribution in [1.82, 2.24) is 10.6 Å². The number of aryl methyl sites for hydroxylation is 1. The van der Waals surface area contributed by atoms with Crippen LogP contribution in [0.15, 0.2) is 55.1 Å². The first-order valence-electron chi connectivity index (χ1n) is 11.9. The smallest absolute Gasteiger partial charge is 0.0340 e. The van der Waals surface area contributed by atoms with Gasteiger partial charge < -0.3 is 10.6 Å². The molecule has 0 heterocycles. The van der Waals surface area contributed by atoms with E-state index in [1.807, 2.05) is 0 Å². The number of benzene rings is 2. The summed E-state index contributed by atoms with van der Waals surface area (Å²) in [5.41, 5.74) is 8.01. The van der Waals surface area contributed by atoms with Gasteiger partial charge in [-0.25, -0.2) is 0 Å². The predicted molar refractivity (Wildman–Crippen MR) is 142 cm³/mol. The zero-order valence-electron chi connectivity index (χ0n) is 18.6. The number of nitrogens with one attached hydrogen (secondary N) is 2. The van der Waals surface area contributed by atoms with E-state index in [9.17, 15) is 0 Å². The molecule has 1 fully saturated rings. The van der Waals surface area contributed by atoms with E-state index in [2.05, 4.69) is 88.3 Å². The highest BCUT2D eigenvalue weighted by molar-refractivity contribution is 14.1. The molecule has 0 aromatic heterocycles. The Balaban J connectivity index is 1.31. The molecule has 0 spiro atoms. The molecular weight excluding hydrogens is 491 g/mol. The lowest BCUT2D eigenvalue weighted by Crippen LogP contribution is -2.30. The fourth-order valence-corrected chi connectivity index (χ4v) is 5.36. The minimum atomic E-state index is 0.692. The Morgan fingerprint density at radius 1 is 1.03 bits per heavy atom. The van der Waals surface area contributed by atoms with Crippen molar-refractivity contribution in [3.8, 4) is 0 Å². The van der Waals surface area contributed by atoms with Gasteiger partial charge >= 0.3 is 0 Å². The van der Waals surface area contributed by atoms with Crippen molar-refractivity contribution in [2.75, 3.05) is 6.54 Å². The molecule has 164 valence electrons. The Hall–Kier alpha value is -1.59. The van der Waals surface area contributed by atoms with Crippen molar-refractivity contribution in [1.29, 1.82) is 0 Å². The summed E-state index contributed by atoms with van der Waals surface area (Å²) in [6.07, 6.45) is 13.9. The summed E-state index contributed by atoms with van der Waals surface area (Å²) in [4.78, 5) is 0. The zero-order valence-corrected chi connectivity index (χ0v) is 20.7. The van der Waals surface area contributed by atoms with Gasteiger partial charge in [0.1, 0.15) is 0 Å². The van der Waals surface area contributed by atoms with Crippen LogP contribution in [0.4, 0.5) is 0 Å². The Labute approximate surface area is 201 Å². The highest BCUT2D eigenvalue weighted by Crippen LogP contribution is 2.29. The van der Waals surface area contributed by atoms with Crippen molar-refractivity contribution in [3.05, 3.63) is 80.9 Å². The summed E-state index contributed by atoms with van der Waals surface area (Å²) < 4.78 is 1.32. The number of allylic oxidation sites excluding steroid dienone is 1. The van der Waals surface area contributed by atoms with E-state index in [0.717, 1.165) is 25.2 Å². The summed E-state index contributed by atoms with van der Waals surface area (Å²) in [6.45, 7) is 6.19. The zero-order chi connectivity index (χ0) is 21.5. The summed E-state index contributed by atoms with van der Waals surface area (Å²) in [5.74, 6) is 0. The maximum Gasteiger partial charge on any atom is 0.0340 e. The molecule has 2 nitrogen and oxygen atoms in total. The van der Waals surface area contributed by atoms with Crippen molar-refractivity contribution in [3.63, 3.8) is 0 Å². The van der Waals surface area contributed by atoms with Crippen LogP contribution in [-0.2, 0) is 13.0 Å². The molecule has 0 saturated heterocycles. The number of hydrogen-bond acceptors (Lipinski definition) is 2. The summed E-state index contributed by atoms with van der Waals surface area (Å²) in [7, 11) is 0. The van der Waals surface area contributed by atoms with Gasteiger partial charge in [0.25, 0.3) is 0 Å². The van der Waals surface area contributed by atoms with Crippen molar-refractivity contribution in [2.45, 2.75) is 70.4 Å². The van der Waals surface area contributed by atoms with Crippen LogP contribution < -0.4 is 10.6 Å². The van der Waals surface area contributed by atoms with Crippen LogP contribution in [0.3, 0.4) is 0 Å². The first kappa shape index (κ1) is 22.6. The molecule has 1 saturated carbocycles. The quantitative estimate of drug-likeness (QED) is 0.359. The van der Waals surface area contributed by atoms with E-state index in [1.54, 1.807) is 0 Å². The molecule has 2 N–H and O–H groups in total. The third-order valence-electron chi connectivity index (χ3n) is 6.67. The second-order valence-corrected chi connectivity index (χ2v) is 10.2. The van der Waals surface area contributed by atoms with Gasteiger partial charge in [0, 0.05) is 28.4 Å². The standard InChI is InChI=1S/C28H35IN2/c1-21(25-11-7-8-22(18-25)20-31-27-12-3-2-4-13-27)30-17-16-24-10-6-5-9-23-14-15-26(29)19-28(23)24/h7-8,10-11,14-15,18-19,27,30-31H,1-6,9,12-13,16-17,20H2. The van der Waals surface area contributed by atoms with Crippen LogP contribution in [0.5, 0.6) is 0 Å². The van der Waals surface area contributed by atoms with E-state index >= 15 is 0 Å². The molecule has 0 bridgehead atoms. The Bertz CT molecular complexity index is 924. The fraction of sp³-hybridized carbons (Fsp3) is 0.429. The molecule has 0 amide bonds. The van der Waals surface area contributed by atoms with Crippen LogP contribution in [0.2, 0.25) is 0 Å². The van der Waals surface area contributed by atoms with E-state index < -0.39 is 0 Å². The van der Waals surface area contributed by atoms with E-state index in [4.69, 9.17) is 0 Å². The number of hydrogen-bond donors (Lipinski definition) is 2. The molecule has 4 rings (SSSR count). The average molecular weight is 527 g/mol. The maximum absolute atomic E-state index is 4.32. The molecule has 0 atom stereocenters. The Morgan fingerprint density at radius 2 is 1.90 bits per heavy atom. The van der Waals surface area contributed by atoms with Crippen LogP contribution in [0.25, 0.3) is 11.3 Å². The normalized spacial score (nSPS) is 16.9.